The second-order valence-electron chi connectivity index (χ2n) is 3.82. The molecule has 3 aromatic rings. The molecule has 0 amide bonds. The Labute approximate surface area is 113 Å². The van der Waals surface area contributed by atoms with E-state index in [1.54, 1.807) is 17.4 Å². The summed E-state index contributed by atoms with van der Waals surface area (Å²) >= 11 is 7.57. The van der Waals surface area contributed by atoms with Crippen LogP contribution in [0.15, 0.2) is 41.8 Å². The Morgan fingerprint density at radius 3 is 2.61 bits per heavy atom. The Bertz CT molecular complexity index is 754. The maximum atomic E-state index is 8.79. The van der Waals surface area contributed by atoms with Crippen LogP contribution >= 0.6 is 22.9 Å². The summed E-state index contributed by atoms with van der Waals surface area (Å²) in [5, 5.41) is 11.4. The van der Waals surface area contributed by atoms with E-state index in [-0.39, 0.29) is 0 Å². The number of nitriles is 1. The molecular weight excluding hydrogens is 264 g/mol. The Morgan fingerprint density at radius 2 is 1.89 bits per heavy atom. The zero-order valence-corrected chi connectivity index (χ0v) is 10.8. The number of halogens is 1. The van der Waals surface area contributed by atoms with Gasteiger partial charge < -0.3 is 0 Å². The van der Waals surface area contributed by atoms with Gasteiger partial charge in [-0.2, -0.15) is 5.26 Å². The van der Waals surface area contributed by atoms with Crippen molar-refractivity contribution >= 4 is 33.2 Å². The van der Waals surface area contributed by atoms with E-state index in [0.29, 0.717) is 10.7 Å². The third-order valence-corrected chi connectivity index (χ3v) is 3.86. The molecule has 0 radical (unpaired) electrons. The van der Waals surface area contributed by atoms with E-state index in [1.165, 1.54) is 0 Å². The van der Waals surface area contributed by atoms with Gasteiger partial charge in [0.15, 0.2) is 0 Å². The third kappa shape index (κ3) is 1.86. The fraction of sp³-hybridized carbons (Fsp3) is 0. The first-order valence-electron chi connectivity index (χ1n) is 5.32. The Balaban J connectivity index is 2.19. The van der Waals surface area contributed by atoms with Crippen molar-refractivity contribution < 1.29 is 0 Å². The van der Waals surface area contributed by atoms with E-state index in [0.717, 1.165) is 21.3 Å². The summed E-state index contributed by atoms with van der Waals surface area (Å²) in [6.45, 7) is 0. The van der Waals surface area contributed by atoms with Crippen molar-refractivity contribution in [3.05, 3.63) is 52.5 Å². The zero-order chi connectivity index (χ0) is 12.5. The summed E-state index contributed by atoms with van der Waals surface area (Å²) in [4.78, 5) is 4.37. The van der Waals surface area contributed by atoms with Crippen LogP contribution in [0.5, 0.6) is 0 Å². The van der Waals surface area contributed by atoms with Gasteiger partial charge in [-0.1, -0.05) is 23.7 Å². The molecular formula is C14H7ClN2S. The molecule has 0 fully saturated rings. The van der Waals surface area contributed by atoms with Crippen LogP contribution in [0.3, 0.4) is 0 Å². The number of nitrogens with zero attached hydrogens (tertiary/aromatic N) is 2. The highest BCUT2D eigenvalue weighted by atomic mass is 35.5. The van der Waals surface area contributed by atoms with Crippen LogP contribution in [0.4, 0.5) is 0 Å². The minimum absolute atomic E-state index is 0.496. The molecule has 0 saturated heterocycles. The molecule has 1 aromatic carbocycles. The van der Waals surface area contributed by atoms with Gasteiger partial charge in [-0.15, -0.1) is 11.3 Å². The summed E-state index contributed by atoms with van der Waals surface area (Å²) in [5.74, 6) is 0. The van der Waals surface area contributed by atoms with Crippen molar-refractivity contribution in [3.8, 4) is 17.2 Å². The molecule has 86 valence electrons. The van der Waals surface area contributed by atoms with Crippen molar-refractivity contribution in [2.75, 3.05) is 0 Å². The van der Waals surface area contributed by atoms with Crippen molar-refractivity contribution in [3.63, 3.8) is 0 Å². The van der Waals surface area contributed by atoms with Crippen molar-refractivity contribution in [2.45, 2.75) is 0 Å². The lowest BCUT2D eigenvalue weighted by Crippen LogP contribution is -1.80. The van der Waals surface area contributed by atoms with Crippen LogP contribution in [0, 0.1) is 11.3 Å². The quantitative estimate of drug-likeness (QED) is 0.611. The average molecular weight is 271 g/mol. The van der Waals surface area contributed by atoms with Crippen LogP contribution in [0.2, 0.25) is 5.15 Å². The highest BCUT2D eigenvalue weighted by Gasteiger charge is 2.08. The maximum absolute atomic E-state index is 8.79. The second kappa shape index (κ2) is 4.41. The van der Waals surface area contributed by atoms with E-state index in [9.17, 15) is 0 Å². The molecule has 18 heavy (non-hydrogen) atoms. The lowest BCUT2D eigenvalue weighted by Gasteiger charge is -1.99. The molecule has 0 aliphatic carbocycles. The molecule has 0 spiro atoms. The standard InChI is InChI=1S/C14H7ClN2S/c15-13-6-5-12-14(17-13)11(8-18-12)10-3-1-9(7-16)2-4-10/h1-6,8H. The van der Waals surface area contributed by atoms with Gasteiger partial charge >= 0.3 is 0 Å². The topological polar surface area (TPSA) is 36.7 Å². The van der Waals surface area contributed by atoms with E-state index < -0.39 is 0 Å². The molecule has 2 heterocycles. The second-order valence-corrected chi connectivity index (χ2v) is 5.12. The van der Waals surface area contributed by atoms with Crippen LogP contribution < -0.4 is 0 Å². The number of thiophene rings is 1. The molecule has 4 heteroatoms. The van der Waals surface area contributed by atoms with Crippen molar-refractivity contribution in [1.29, 1.82) is 5.26 Å². The average Bonchev–Trinajstić information content (AvgIpc) is 2.82. The fourth-order valence-corrected chi connectivity index (χ4v) is 2.87. The van der Waals surface area contributed by atoms with Gasteiger partial charge in [-0.05, 0) is 29.8 Å². The molecule has 2 aromatic heterocycles. The van der Waals surface area contributed by atoms with Gasteiger partial charge in [0.25, 0.3) is 0 Å². The van der Waals surface area contributed by atoms with Gasteiger partial charge in [-0.3, -0.25) is 0 Å². The summed E-state index contributed by atoms with van der Waals surface area (Å²) in [5.41, 5.74) is 3.68. The number of rotatable bonds is 1. The summed E-state index contributed by atoms with van der Waals surface area (Å²) in [6.07, 6.45) is 0. The number of aromatic nitrogens is 1. The highest BCUT2D eigenvalue weighted by Crippen LogP contribution is 2.33. The van der Waals surface area contributed by atoms with Crippen LogP contribution in [-0.4, -0.2) is 4.98 Å². The lowest BCUT2D eigenvalue weighted by molar-refractivity contribution is 1.42. The van der Waals surface area contributed by atoms with E-state index in [2.05, 4.69) is 16.4 Å². The number of hydrogen-bond acceptors (Lipinski definition) is 3. The van der Waals surface area contributed by atoms with Crippen LogP contribution in [0.25, 0.3) is 21.3 Å². The summed E-state index contributed by atoms with van der Waals surface area (Å²) in [6, 6.07) is 13.4. The molecule has 2 nitrogen and oxygen atoms in total. The molecule has 0 atom stereocenters. The van der Waals surface area contributed by atoms with Gasteiger partial charge in [0.2, 0.25) is 0 Å². The Morgan fingerprint density at radius 1 is 1.11 bits per heavy atom. The molecule has 0 bridgehead atoms. The SMILES string of the molecule is N#Cc1ccc(-c2csc3ccc(Cl)nc23)cc1. The Kier molecular flexibility index (Phi) is 2.75. The first-order chi connectivity index (χ1) is 8.78. The number of pyridine rings is 1. The summed E-state index contributed by atoms with van der Waals surface area (Å²) in [7, 11) is 0. The first-order valence-corrected chi connectivity index (χ1v) is 6.58. The van der Waals surface area contributed by atoms with Crippen molar-refractivity contribution in [1.82, 2.24) is 4.98 Å². The fourth-order valence-electron chi connectivity index (χ4n) is 1.82. The highest BCUT2D eigenvalue weighted by molar-refractivity contribution is 7.17. The lowest BCUT2D eigenvalue weighted by atomic mass is 10.1. The first kappa shape index (κ1) is 11.2. The van der Waals surface area contributed by atoms with E-state index in [4.69, 9.17) is 16.9 Å². The molecule has 0 aliphatic heterocycles. The monoisotopic (exact) mass is 270 g/mol. The minimum atomic E-state index is 0.496. The summed E-state index contributed by atoms with van der Waals surface area (Å²) < 4.78 is 1.11. The largest absolute Gasteiger partial charge is 0.235 e. The minimum Gasteiger partial charge on any atom is -0.235 e. The normalized spacial score (nSPS) is 10.4. The zero-order valence-electron chi connectivity index (χ0n) is 9.22. The molecule has 3 rings (SSSR count). The predicted octanol–water partition coefficient (Wildman–Crippen LogP) is 4.49. The van der Waals surface area contributed by atoms with Gasteiger partial charge in [0, 0.05) is 10.9 Å². The maximum Gasteiger partial charge on any atom is 0.129 e. The number of hydrogen-bond donors (Lipinski definition) is 0. The Hall–Kier alpha value is -1.89. The van der Waals surface area contributed by atoms with E-state index in [1.807, 2.05) is 30.3 Å². The number of fused-ring (bicyclic) bond motifs is 1. The molecule has 0 saturated carbocycles. The van der Waals surface area contributed by atoms with Crippen molar-refractivity contribution in [2.24, 2.45) is 0 Å². The number of benzene rings is 1. The van der Waals surface area contributed by atoms with Gasteiger partial charge in [-0.25, -0.2) is 4.98 Å². The van der Waals surface area contributed by atoms with Crippen LogP contribution in [0.1, 0.15) is 5.56 Å². The smallest absolute Gasteiger partial charge is 0.129 e. The molecule has 0 aliphatic rings. The van der Waals surface area contributed by atoms with E-state index >= 15 is 0 Å². The van der Waals surface area contributed by atoms with Crippen LogP contribution in [-0.2, 0) is 0 Å². The molecule has 0 unspecified atom stereocenters. The molecule has 0 N–H and O–H groups in total. The third-order valence-electron chi connectivity index (χ3n) is 2.71. The predicted molar refractivity (Wildman–Crippen MR) is 74.8 cm³/mol. The van der Waals surface area contributed by atoms with Gasteiger partial charge in [0.1, 0.15) is 5.15 Å². The van der Waals surface area contributed by atoms with Gasteiger partial charge in [0.05, 0.1) is 21.8 Å².